The number of carbonyl (C=O) groups is 2. The Morgan fingerprint density at radius 2 is 1.95 bits per heavy atom. The first-order chi connectivity index (χ1) is 10.6. The molecular weight excluding hydrogens is 325 g/mol. The molecule has 0 aliphatic heterocycles. The fourth-order valence-corrected chi connectivity index (χ4v) is 2.97. The molecule has 120 valence electrons. The number of amides is 1. The Kier molecular flexibility index (Phi) is 6.52. The van der Waals surface area contributed by atoms with Crippen LogP contribution in [0.1, 0.15) is 38.5 Å². The van der Waals surface area contributed by atoms with Gasteiger partial charge in [0.05, 0.1) is 15.7 Å². The Morgan fingerprint density at radius 1 is 1.23 bits per heavy atom. The summed E-state index contributed by atoms with van der Waals surface area (Å²) in [5.41, 5.74) is 0.404. The third-order valence-corrected chi connectivity index (χ3v) is 4.64. The van der Waals surface area contributed by atoms with Gasteiger partial charge in [-0.1, -0.05) is 55.0 Å². The van der Waals surface area contributed by atoms with Crippen LogP contribution in [0.2, 0.25) is 10.0 Å². The number of benzene rings is 1. The second-order valence-corrected chi connectivity index (χ2v) is 6.28. The number of anilines is 1. The van der Waals surface area contributed by atoms with E-state index in [0.717, 1.165) is 6.42 Å². The van der Waals surface area contributed by atoms with Gasteiger partial charge in [0.15, 0.2) is 6.61 Å². The molecule has 1 saturated carbocycles. The SMILES string of the molecule is O=C(COC(=O)CCC1CCCC1)Nc1cccc(Cl)c1Cl. The molecule has 1 N–H and O–H groups in total. The third kappa shape index (κ3) is 5.18. The summed E-state index contributed by atoms with van der Waals surface area (Å²) >= 11 is 11.8. The minimum atomic E-state index is -0.432. The third-order valence-electron chi connectivity index (χ3n) is 3.82. The van der Waals surface area contributed by atoms with E-state index < -0.39 is 5.91 Å². The molecule has 0 bridgehead atoms. The Morgan fingerprint density at radius 3 is 2.68 bits per heavy atom. The molecule has 1 amide bonds. The first kappa shape index (κ1) is 17.1. The number of nitrogens with one attached hydrogen (secondary N) is 1. The summed E-state index contributed by atoms with van der Waals surface area (Å²) < 4.78 is 4.98. The van der Waals surface area contributed by atoms with E-state index in [1.54, 1.807) is 18.2 Å². The molecule has 1 aromatic rings. The summed E-state index contributed by atoms with van der Waals surface area (Å²) in [7, 11) is 0. The highest BCUT2D eigenvalue weighted by molar-refractivity contribution is 6.43. The predicted octanol–water partition coefficient (Wildman–Crippen LogP) is 4.45. The van der Waals surface area contributed by atoms with E-state index in [0.29, 0.717) is 23.0 Å². The van der Waals surface area contributed by atoms with Gasteiger partial charge in [0, 0.05) is 6.42 Å². The maximum absolute atomic E-state index is 11.8. The van der Waals surface area contributed by atoms with Gasteiger partial charge < -0.3 is 10.1 Å². The lowest BCUT2D eigenvalue weighted by atomic mass is 10.0. The van der Waals surface area contributed by atoms with Crippen LogP contribution < -0.4 is 5.32 Å². The van der Waals surface area contributed by atoms with E-state index >= 15 is 0 Å². The van der Waals surface area contributed by atoms with E-state index in [2.05, 4.69) is 5.32 Å². The summed E-state index contributed by atoms with van der Waals surface area (Å²) in [6.07, 6.45) is 6.11. The molecule has 4 nitrogen and oxygen atoms in total. The Hall–Kier alpha value is -1.26. The molecule has 0 unspecified atom stereocenters. The van der Waals surface area contributed by atoms with Crippen LogP contribution in [0.5, 0.6) is 0 Å². The smallest absolute Gasteiger partial charge is 0.306 e. The van der Waals surface area contributed by atoms with E-state index in [4.69, 9.17) is 27.9 Å². The second-order valence-electron chi connectivity index (χ2n) is 5.50. The highest BCUT2D eigenvalue weighted by Crippen LogP contribution is 2.30. The van der Waals surface area contributed by atoms with Crippen LogP contribution in [0.15, 0.2) is 18.2 Å². The second kappa shape index (κ2) is 8.39. The zero-order valence-corrected chi connectivity index (χ0v) is 13.8. The molecule has 2 rings (SSSR count). The Balaban J connectivity index is 1.70. The van der Waals surface area contributed by atoms with E-state index in [1.165, 1.54) is 25.7 Å². The number of ether oxygens (including phenoxy) is 1. The van der Waals surface area contributed by atoms with Crippen molar-refractivity contribution in [1.29, 1.82) is 0 Å². The van der Waals surface area contributed by atoms with Crippen molar-refractivity contribution < 1.29 is 14.3 Å². The van der Waals surface area contributed by atoms with Crippen molar-refractivity contribution in [3.63, 3.8) is 0 Å². The summed E-state index contributed by atoms with van der Waals surface area (Å²) in [6.45, 7) is -0.313. The van der Waals surface area contributed by atoms with Crippen LogP contribution >= 0.6 is 23.2 Å². The number of hydrogen-bond acceptors (Lipinski definition) is 3. The number of halogens is 2. The van der Waals surface area contributed by atoms with Crippen LogP contribution in [-0.2, 0) is 14.3 Å². The lowest BCUT2D eigenvalue weighted by Gasteiger charge is -2.10. The standard InChI is InChI=1S/C16H19Cl2NO3/c17-12-6-3-7-13(16(12)18)19-14(20)10-22-15(21)9-8-11-4-1-2-5-11/h3,6-7,11H,1-2,4-5,8-10H2,(H,19,20). The van der Waals surface area contributed by atoms with E-state index in [-0.39, 0.29) is 17.6 Å². The first-order valence-corrected chi connectivity index (χ1v) is 8.21. The summed E-state index contributed by atoms with van der Waals surface area (Å²) in [5, 5.41) is 3.19. The fourth-order valence-electron chi connectivity index (χ4n) is 2.63. The van der Waals surface area contributed by atoms with Gasteiger partial charge in [-0.05, 0) is 24.5 Å². The molecular formula is C16H19Cl2NO3. The van der Waals surface area contributed by atoms with Crippen LogP contribution in [0, 0.1) is 5.92 Å². The summed E-state index contributed by atoms with van der Waals surface area (Å²) in [5.74, 6) is -0.135. The summed E-state index contributed by atoms with van der Waals surface area (Å²) in [6, 6.07) is 4.94. The molecule has 0 saturated heterocycles. The molecule has 0 aromatic heterocycles. The van der Waals surface area contributed by atoms with E-state index in [9.17, 15) is 9.59 Å². The topological polar surface area (TPSA) is 55.4 Å². The maximum Gasteiger partial charge on any atom is 0.306 e. The van der Waals surface area contributed by atoms with Crippen molar-refractivity contribution >= 4 is 40.8 Å². The maximum atomic E-state index is 11.8. The van der Waals surface area contributed by atoms with Gasteiger partial charge in [-0.2, -0.15) is 0 Å². The largest absolute Gasteiger partial charge is 0.456 e. The summed E-state index contributed by atoms with van der Waals surface area (Å²) in [4.78, 5) is 23.4. The van der Waals surface area contributed by atoms with Crippen LogP contribution in [0.3, 0.4) is 0 Å². The minimum Gasteiger partial charge on any atom is -0.456 e. The highest BCUT2D eigenvalue weighted by atomic mass is 35.5. The van der Waals surface area contributed by atoms with Crippen LogP contribution in [-0.4, -0.2) is 18.5 Å². The molecule has 0 radical (unpaired) electrons. The van der Waals surface area contributed by atoms with Gasteiger partial charge in [0.2, 0.25) is 0 Å². The predicted molar refractivity (Wildman–Crippen MR) is 87.2 cm³/mol. The molecule has 1 fully saturated rings. The van der Waals surface area contributed by atoms with Crippen molar-refractivity contribution in [3.05, 3.63) is 28.2 Å². The van der Waals surface area contributed by atoms with Crippen LogP contribution in [0.25, 0.3) is 0 Å². The molecule has 22 heavy (non-hydrogen) atoms. The lowest BCUT2D eigenvalue weighted by Crippen LogP contribution is -2.21. The van der Waals surface area contributed by atoms with Gasteiger partial charge in [0.25, 0.3) is 5.91 Å². The van der Waals surface area contributed by atoms with Crippen molar-refractivity contribution in [3.8, 4) is 0 Å². The number of hydrogen-bond donors (Lipinski definition) is 1. The molecule has 6 heteroatoms. The average molecular weight is 344 g/mol. The number of rotatable bonds is 6. The highest BCUT2D eigenvalue weighted by Gasteiger charge is 2.17. The zero-order valence-electron chi connectivity index (χ0n) is 12.2. The lowest BCUT2D eigenvalue weighted by molar-refractivity contribution is -0.147. The molecule has 1 aliphatic carbocycles. The van der Waals surface area contributed by atoms with Gasteiger partial charge in [-0.15, -0.1) is 0 Å². The Labute approximate surface area is 140 Å². The Bertz CT molecular complexity index is 542. The monoisotopic (exact) mass is 343 g/mol. The number of esters is 1. The van der Waals surface area contributed by atoms with Gasteiger partial charge in [-0.3, -0.25) is 9.59 Å². The van der Waals surface area contributed by atoms with Gasteiger partial charge in [0.1, 0.15) is 0 Å². The van der Waals surface area contributed by atoms with Crippen molar-refractivity contribution in [1.82, 2.24) is 0 Å². The van der Waals surface area contributed by atoms with Crippen LogP contribution in [0.4, 0.5) is 5.69 Å². The van der Waals surface area contributed by atoms with Crippen molar-refractivity contribution in [2.24, 2.45) is 5.92 Å². The molecule has 1 aliphatic rings. The quantitative estimate of drug-likeness (QED) is 0.776. The van der Waals surface area contributed by atoms with Crippen molar-refractivity contribution in [2.45, 2.75) is 38.5 Å². The molecule has 0 spiro atoms. The molecule has 0 heterocycles. The molecule has 1 aromatic carbocycles. The first-order valence-electron chi connectivity index (χ1n) is 7.45. The average Bonchev–Trinajstić information content (AvgIpc) is 3.01. The van der Waals surface area contributed by atoms with Crippen molar-refractivity contribution in [2.75, 3.05) is 11.9 Å². The number of carbonyl (C=O) groups excluding carboxylic acids is 2. The minimum absolute atomic E-state index is 0.269. The fraction of sp³-hybridized carbons (Fsp3) is 0.500. The van der Waals surface area contributed by atoms with Gasteiger partial charge >= 0.3 is 5.97 Å². The zero-order chi connectivity index (χ0) is 15.9. The molecule has 0 atom stereocenters. The van der Waals surface area contributed by atoms with E-state index in [1.807, 2.05) is 0 Å². The van der Waals surface area contributed by atoms with Gasteiger partial charge in [-0.25, -0.2) is 0 Å². The normalized spacial score (nSPS) is 14.8.